The van der Waals surface area contributed by atoms with Crippen LogP contribution < -0.4 is 5.73 Å². The van der Waals surface area contributed by atoms with Crippen LogP contribution >= 0.6 is 0 Å². The molecule has 3 heteroatoms. The first-order valence-electron chi connectivity index (χ1n) is 3.63. The van der Waals surface area contributed by atoms with Gasteiger partial charge in [-0.05, 0) is 6.92 Å². The molecule has 1 aromatic heterocycles. The van der Waals surface area contributed by atoms with E-state index in [0.29, 0.717) is 0 Å². The van der Waals surface area contributed by atoms with Gasteiger partial charge in [0.25, 0.3) is 0 Å². The van der Waals surface area contributed by atoms with Crippen LogP contribution in [0.3, 0.4) is 0 Å². The Hall–Kier alpha value is -1.09. The Balaban J connectivity index is 2.73. The van der Waals surface area contributed by atoms with E-state index >= 15 is 0 Å². The van der Waals surface area contributed by atoms with E-state index in [-0.39, 0.29) is 6.04 Å². The molecule has 2 N–H and O–H groups in total. The highest BCUT2D eigenvalue weighted by molar-refractivity contribution is 5.08. The molecule has 0 aromatic carbocycles. The highest BCUT2D eigenvalue weighted by atomic mass is 15.3. The molecule has 0 amide bonds. The molecule has 1 heterocycles. The highest BCUT2D eigenvalue weighted by Crippen LogP contribution is 2.06. The van der Waals surface area contributed by atoms with Gasteiger partial charge in [0.15, 0.2) is 0 Å². The molecule has 0 aliphatic carbocycles. The molecule has 0 saturated carbocycles. The van der Waals surface area contributed by atoms with E-state index in [0.717, 1.165) is 12.1 Å². The summed E-state index contributed by atoms with van der Waals surface area (Å²) < 4.78 is 1.81. The van der Waals surface area contributed by atoms with Crippen LogP contribution in [0.2, 0.25) is 0 Å². The van der Waals surface area contributed by atoms with Crippen LogP contribution in [0, 0.1) is 0 Å². The quantitative estimate of drug-likeness (QED) is 0.657. The van der Waals surface area contributed by atoms with Gasteiger partial charge in [0.05, 0.1) is 12.7 Å². The number of hydrogen-bond donors (Lipinski definition) is 1. The summed E-state index contributed by atoms with van der Waals surface area (Å²) in [5, 5.41) is 4.09. The van der Waals surface area contributed by atoms with Gasteiger partial charge in [-0.25, -0.2) is 0 Å². The second-order valence-corrected chi connectivity index (χ2v) is 2.57. The first-order chi connectivity index (χ1) is 5.24. The smallest absolute Gasteiger partial charge is 0.0587 e. The highest BCUT2D eigenvalue weighted by Gasteiger charge is 2.00. The van der Waals surface area contributed by atoms with Crippen LogP contribution in [0.1, 0.15) is 18.5 Å². The molecular weight excluding hydrogens is 138 g/mol. The molecule has 1 unspecified atom stereocenters. The minimum absolute atomic E-state index is 0.0635. The molecule has 3 nitrogen and oxygen atoms in total. The lowest BCUT2D eigenvalue weighted by atomic mass is 10.2. The lowest BCUT2D eigenvalue weighted by Gasteiger charge is -1.97. The van der Waals surface area contributed by atoms with E-state index in [9.17, 15) is 0 Å². The Bertz CT molecular complexity index is 237. The molecule has 60 valence electrons. The molecular formula is C8H13N3. The molecule has 0 radical (unpaired) electrons. The predicted octanol–water partition coefficient (Wildman–Crippen LogP) is 1.09. The molecule has 0 saturated heterocycles. The summed E-state index contributed by atoms with van der Waals surface area (Å²) in [5.41, 5.74) is 6.71. The van der Waals surface area contributed by atoms with Crippen LogP contribution in [-0.4, -0.2) is 9.78 Å². The third-order valence-corrected chi connectivity index (χ3v) is 1.50. The fourth-order valence-electron chi connectivity index (χ4n) is 0.847. The molecule has 1 atom stereocenters. The largest absolute Gasteiger partial charge is 0.324 e. The van der Waals surface area contributed by atoms with E-state index < -0.39 is 0 Å². The zero-order valence-corrected chi connectivity index (χ0v) is 6.70. The van der Waals surface area contributed by atoms with Crippen LogP contribution in [-0.2, 0) is 6.54 Å². The number of rotatable bonds is 3. The second kappa shape index (κ2) is 3.34. The van der Waals surface area contributed by atoms with Crippen molar-refractivity contribution in [2.75, 3.05) is 0 Å². The third-order valence-electron chi connectivity index (χ3n) is 1.50. The maximum Gasteiger partial charge on any atom is 0.0587 e. The zero-order valence-electron chi connectivity index (χ0n) is 6.70. The fraction of sp³-hybridized carbons (Fsp3) is 0.375. The molecule has 0 fully saturated rings. The Morgan fingerprint density at radius 1 is 1.91 bits per heavy atom. The number of nitrogens with two attached hydrogens (primary N) is 1. The number of allylic oxidation sites excluding steroid dienone is 1. The van der Waals surface area contributed by atoms with Crippen molar-refractivity contribution in [3.8, 4) is 0 Å². The van der Waals surface area contributed by atoms with Crippen molar-refractivity contribution in [3.63, 3.8) is 0 Å². The lowest BCUT2D eigenvalue weighted by Crippen LogP contribution is -2.03. The number of aromatic nitrogens is 2. The molecule has 0 aliphatic heterocycles. The van der Waals surface area contributed by atoms with Crippen LogP contribution in [0.15, 0.2) is 25.0 Å². The maximum atomic E-state index is 5.64. The molecule has 1 aromatic rings. The zero-order chi connectivity index (χ0) is 8.27. The molecule has 0 aliphatic rings. The van der Waals surface area contributed by atoms with Crippen LogP contribution in [0.25, 0.3) is 0 Å². The number of hydrogen-bond acceptors (Lipinski definition) is 2. The predicted molar refractivity (Wildman–Crippen MR) is 45.0 cm³/mol. The van der Waals surface area contributed by atoms with Gasteiger partial charge < -0.3 is 5.73 Å². The van der Waals surface area contributed by atoms with Crippen molar-refractivity contribution >= 4 is 0 Å². The van der Waals surface area contributed by atoms with Gasteiger partial charge in [0.1, 0.15) is 0 Å². The van der Waals surface area contributed by atoms with Gasteiger partial charge >= 0.3 is 0 Å². The number of nitrogens with zero attached hydrogens (tertiary/aromatic N) is 2. The summed E-state index contributed by atoms with van der Waals surface area (Å²) in [6.45, 7) is 6.30. The van der Waals surface area contributed by atoms with E-state index in [4.69, 9.17) is 5.73 Å². The Morgan fingerprint density at radius 2 is 2.64 bits per heavy atom. The molecule has 0 bridgehead atoms. The van der Waals surface area contributed by atoms with Gasteiger partial charge in [-0.3, -0.25) is 4.68 Å². The first-order valence-corrected chi connectivity index (χ1v) is 3.63. The average Bonchev–Trinajstić information content (AvgIpc) is 2.37. The molecule has 11 heavy (non-hydrogen) atoms. The van der Waals surface area contributed by atoms with Gasteiger partial charge in [-0.1, -0.05) is 6.08 Å². The monoisotopic (exact) mass is 151 g/mol. The van der Waals surface area contributed by atoms with Gasteiger partial charge in [0, 0.05) is 17.8 Å². The Morgan fingerprint density at radius 3 is 3.09 bits per heavy atom. The SMILES string of the molecule is C=CCn1cc(C(C)N)cn1. The van der Waals surface area contributed by atoms with E-state index in [1.54, 1.807) is 12.3 Å². The van der Waals surface area contributed by atoms with E-state index in [2.05, 4.69) is 11.7 Å². The average molecular weight is 151 g/mol. The Kier molecular flexibility index (Phi) is 2.44. The van der Waals surface area contributed by atoms with Gasteiger partial charge in [0.2, 0.25) is 0 Å². The normalized spacial score (nSPS) is 12.9. The fourth-order valence-corrected chi connectivity index (χ4v) is 0.847. The Labute approximate surface area is 66.5 Å². The maximum absolute atomic E-state index is 5.64. The summed E-state index contributed by atoms with van der Waals surface area (Å²) in [6.07, 6.45) is 5.53. The van der Waals surface area contributed by atoms with Crippen molar-refractivity contribution in [1.82, 2.24) is 9.78 Å². The minimum atomic E-state index is 0.0635. The van der Waals surface area contributed by atoms with Crippen LogP contribution in [0.4, 0.5) is 0 Å². The first kappa shape index (κ1) is 8.01. The summed E-state index contributed by atoms with van der Waals surface area (Å²) in [6, 6.07) is 0.0635. The van der Waals surface area contributed by atoms with Crippen molar-refractivity contribution in [2.24, 2.45) is 5.73 Å². The topological polar surface area (TPSA) is 43.8 Å². The van der Waals surface area contributed by atoms with Crippen molar-refractivity contribution in [2.45, 2.75) is 19.5 Å². The van der Waals surface area contributed by atoms with E-state index in [1.165, 1.54) is 0 Å². The van der Waals surface area contributed by atoms with Crippen molar-refractivity contribution in [1.29, 1.82) is 0 Å². The van der Waals surface area contributed by atoms with Gasteiger partial charge in [-0.15, -0.1) is 6.58 Å². The van der Waals surface area contributed by atoms with Crippen LogP contribution in [0.5, 0.6) is 0 Å². The van der Waals surface area contributed by atoms with Gasteiger partial charge in [-0.2, -0.15) is 5.10 Å². The molecule has 1 rings (SSSR count). The molecule has 0 spiro atoms. The summed E-state index contributed by atoms with van der Waals surface area (Å²) in [5.74, 6) is 0. The summed E-state index contributed by atoms with van der Waals surface area (Å²) in [7, 11) is 0. The lowest BCUT2D eigenvalue weighted by molar-refractivity contribution is 0.700. The minimum Gasteiger partial charge on any atom is -0.324 e. The standard InChI is InChI=1S/C8H13N3/c1-3-4-11-6-8(5-10-11)7(2)9/h3,5-7H,1,4,9H2,2H3. The van der Waals surface area contributed by atoms with E-state index in [1.807, 2.05) is 17.8 Å². The summed E-state index contributed by atoms with van der Waals surface area (Å²) >= 11 is 0. The summed E-state index contributed by atoms with van der Waals surface area (Å²) in [4.78, 5) is 0. The van der Waals surface area contributed by atoms with Crippen molar-refractivity contribution in [3.05, 3.63) is 30.6 Å². The second-order valence-electron chi connectivity index (χ2n) is 2.57. The van der Waals surface area contributed by atoms with Crippen molar-refractivity contribution < 1.29 is 0 Å². The third kappa shape index (κ3) is 1.91.